The molecule has 1 aliphatic rings. The summed E-state index contributed by atoms with van der Waals surface area (Å²) in [6.07, 6.45) is 7.03. The van der Waals surface area contributed by atoms with Crippen LogP contribution in [-0.4, -0.2) is 12.6 Å². The summed E-state index contributed by atoms with van der Waals surface area (Å²) >= 11 is 1.89. The zero-order chi connectivity index (χ0) is 14.6. The topological polar surface area (TPSA) is 12.0 Å². The molecule has 1 fully saturated rings. The molecule has 0 saturated heterocycles. The van der Waals surface area contributed by atoms with Crippen LogP contribution in [0.2, 0.25) is 0 Å². The molecule has 2 atom stereocenters. The molecular formula is C18H31NS. The van der Waals surface area contributed by atoms with E-state index in [1.165, 1.54) is 37.0 Å². The molecule has 1 nitrogen and oxygen atoms in total. The van der Waals surface area contributed by atoms with Gasteiger partial charge in [-0.2, -0.15) is 0 Å². The Hall–Kier alpha value is -0.340. The maximum atomic E-state index is 3.86. The summed E-state index contributed by atoms with van der Waals surface area (Å²) < 4.78 is 0. The highest BCUT2D eigenvalue weighted by Crippen LogP contribution is 2.31. The van der Waals surface area contributed by atoms with Gasteiger partial charge in [-0.1, -0.05) is 46.6 Å². The highest BCUT2D eigenvalue weighted by Gasteiger charge is 2.26. The summed E-state index contributed by atoms with van der Waals surface area (Å²) in [4.78, 5) is 1.50. The molecule has 2 heteroatoms. The minimum atomic E-state index is 0.263. The summed E-state index contributed by atoms with van der Waals surface area (Å²) in [5, 5.41) is 6.05. The maximum Gasteiger partial charge on any atom is 0.0115 e. The van der Waals surface area contributed by atoms with E-state index in [0.29, 0.717) is 0 Å². The molecule has 0 spiro atoms. The third-order valence-corrected chi connectivity index (χ3v) is 5.84. The summed E-state index contributed by atoms with van der Waals surface area (Å²) in [5.41, 5.74) is 0.263. The molecule has 20 heavy (non-hydrogen) atoms. The van der Waals surface area contributed by atoms with Crippen LogP contribution in [0.3, 0.4) is 0 Å². The quantitative estimate of drug-likeness (QED) is 0.758. The molecule has 0 amide bonds. The van der Waals surface area contributed by atoms with Gasteiger partial charge in [0.2, 0.25) is 0 Å². The van der Waals surface area contributed by atoms with Gasteiger partial charge < -0.3 is 5.32 Å². The van der Waals surface area contributed by atoms with Crippen molar-refractivity contribution in [2.75, 3.05) is 6.54 Å². The molecule has 0 aromatic carbocycles. The van der Waals surface area contributed by atoms with Gasteiger partial charge in [0, 0.05) is 22.9 Å². The standard InChI is InChI=1S/C18H31NS/c1-14(2)11-15-7-5-8-16(12-15)19-13-18(3,4)17-9-6-10-20-17/h6,9-10,14-16,19H,5,7-8,11-13H2,1-4H3. The van der Waals surface area contributed by atoms with Crippen LogP contribution in [0.25, 0.3) is 0 Å². The minimum absolute atomic E-state index is 0.263. The Morgan fingerprint density at radius 1 is 1.35 bits per heavy atom. The van der Waals surface area contributed by atoms with Gasteiger partial charge in [-0.3, -0.25) is 0 Å². The molecule has 2 unspecified atom stereocenters. The van der Waals surface area contributed by atoms with E-state index in [4.69, 9.17) is 0 Å². The molecule has 1 heterocycles. The van der Waals surface area contributed by atoms with Crippen LogP contribution in [0, 0.1) is 11.8 Å². The van der Waals surface area contributed by atoms with Crippen molar-refractivity contribution >= 4 is 11.3 Å². The SMILES string of the molecule is CC(C)CC1CCCC(NCC(C)(C)c2cccs2)C1. The Morgan fingerprint density at radius 3 is 2.80 bits per heavy atom. The van der Waals surface area contributed by atoms with E-state index < -0.39 is 0 Å². The molecule has 0 aliphatic heterocycles. The lowest BCUT2D eigenvalue weighted by molar-refractivity contribution is 0.245. The average molecular weight is 294 g/mol. The third-order valence-electron chi connectivity index (χ3n) is 4.61. The smallest absolute Gasteiger partial charge is 0.0115 e. The first-order valence-electron chi connectivity index (χ1n) is 8.25. The van der Waals surface area contributed by atoms with Crippen molar-refractivity contribution in [3.8, 4) is 0 Å². The second-order valence-corrected chi connectivity index (χ2v) is 8.55. The van der Waals surface area contributed by atoms with Crippen LogP contribution in [0.4, 0.5) is 0 Å². The minimum Gasteiger partial charge on any atom is -0.313 e. The summed E-state index contributed by atoms with van der Waals surface area (Å²) in [5.74, 6) is 1.80. The van der Waals surface area contributed by atoms with Crippen molar-refractivity contribution in [3.63, 3.8) is 0 Å². The normalized spacial score (nSPS) is 24.2. The number of hydrogen-bond donors (Lipinski definition) is 1. The Kier molecular flexibility index (Phi) is 5.68. The summed E-state index contributed by atoms with van der Waals surface area (Å²) in [6.45, 7) is 10.5. The van der Waals surface area contributed by atoms with Crippen molar-refractivity contribution in [1.29, 1.82) is 0 Å². The van der Waals surface area contributed by atoms with Gasteiger partial charge in [-0.05, 0) is 42.5 Å². The Bertz CT molecular complexity index is 380. The van der Waals surface area contributed by atoms with Crippen molar-refractivity contribution < 1.29 is 0 Å². The number of hydrogen-bond acceptors (Lipinski definition) is 2. The second kappa shape index (κ2) is 7.09. The van der Waals surface area contributed by atoms with Crippen LogP contribution >= 0.6 is 11.3 Å². The lowest BCUT2D eigenvalue weighted by Gasteiger charge is -2.33. The van der Waals surface area contributed by atoms with Crippen molar-refractivity contribution in [2.24, 2.45) is 11.8 Å². The molecule has 1 saturated carbocycles. The lowest BCUT2D eigenvalue weighted by atomic mass is 9.80. The van der Waals surface area contributed by atoms with Crippen LogP contribution in [0.1, 0.15) is 64.7 Å². The monoisotopic (exact) mass is 293 g/mol. The Balaban J connectivity index is 1.81. The maximum absolute atomic E-state index is 3.86. The van der Waals surface area contributed by atoms with Crippen LogP contribution < -0.4 is 5.32 Å². The van der Waals surface area contributed by atoms with Crippen molar-refractivity contribution in [3.05, 3.63) is 22.4 Å². The molecule has 0 radical (unpaired) electrons. The van der Waals surface area contributed by atoms with E-state index in [9.17, 15) is 0 Å². The molecule has 0 bridgehead atoms. The van der Waals surface area contributed by atoms with Crippen molar-refractivity contribution in [2.45, 2.75) is 71.3 Å². The van der Waals surface area contributed by atoms with Gasteiger partial charge in [-0.15, -0.1) is 11.3 Å². The van der Waals surface area contributed by atoms with E-state index in [2.05, 4.69) is 50.5 Å². The van der Waals surface area contributed by atoms with Crippen LogP contribution in [-0.2, 0) is 5.41 Å². The molecule has 114 valence electrons. The van der Waals surface area contributed by atoms with Gasteiger partial charge in [0.1, 0.15) is 0 Å². The average Bonchev–Trinajstić information content (AvgIpc) is 2.91. The first kappa shape index (κ1) is 16.0. The fourth-order valence-corrected chi connectivity index (χ4v) is 4.36. The van der Waals surface area contributed by atoms with Gasteiger partial charge in [0.05, 0.1) is 0 Å². The third kappa shape index (κ3) is 4.60. The molecule has 1 aliphatic carbocycles. The van der Waals surface area contributed by atoms with E-state index in [1.54, 1.807) is 0 Å². The number of thiophene rings is 1. The predicted molar refractivity (Wildman–Crippen MR) is 90.5 cm³/mol. The molecule has 2 rings (SSSR count). The molecule has 1 aromatic rings. The number of nitrogens with one attached hydrogen (secondary N) is 1. The Morgan fingerprint density at radius 2 is 2.15 bits per heavy atom. The first-order valence-corrected chi connectivity index (χ1v) is 9.12. The van der Waals surface area contributed by atoms with Gasteiger partial charge in [-0.25, -0.2) is 0 Å². The lowest BCUT2D eigenvalue weighted by Crippen LogP contribution is -2.41. The molecule has 1 aromatic heterocycles. The van der Waals surface area contributed by atoms with E-state index in [0.717, 1.165) is 24.4 Å². The Labute approximate surface area is 129 Å². The first-order chi connectivity index (χ1) is 9.47. The summed E-state index contributed by atoms with van der Waals surface area (Å²) in [7, 11) is 0. The number of rotatable bonds is 6. The zero-order valence-corrected chi connectivity index (χ0v) is 14.4. The zero-order valence-electron chi connectivity index (χ0n) is 13.6. The van der Waals surface area contributed by atoms with Crippen molar-refractivity contribution in [1.82, 2.24) is 5.32 Å². The fourth-order valence-electron chi connectivity index (χ4n) is 3.51. The highest BCUT2D eigenvalue weighted by atomic mass is 32.1. The molecular weight excluding hydrogens is 262 g/mol. The van der Waals surface area contributed by atoms with E-state index in [-0.39, 0.29) is 5.41 Å². The van der Waals surface area contributed by atoms with Crippen LogP contribution in [0.5, 0.6) is 0 Å². The highest BCUT2D eigenvalue weighted by molar-refractivity contribution is 7.10. The predicted octanol–water partition coefficient (Wildman–Crippen LogP) is 5.22. The van der Waals surface area contributed by atoms with Gasteiger partial charge in [0.15, 0.2) is 0 Å². The fraction of sp³-hybridized carbons (Fsp3) is 0.778. The summed E-state index contributed by atoms with van der Waals surface area (Å²) in [6, 6.07) is 5.18. The molecule has 1 N–H and O–H groups in total. The second-order valence-electron chi connectivity index (χ2n) is 7.60. The van der Waals surface area contributed by atoms with Crippen LogP contribution in [0.15, 0.2) is 17.5 Å². The van der Waals surface area contributed by atoms with Gasteiger partial charge in [0.25, 0.3) is 0 Å². The van der Waals surface area contributed by atoms with E-state index >= 15 is 0 Å². The van der Waals surface area contributed by atoms with E-state index in [1.807, 2.05) is 11.3 Å². The van der Waals surface area contributed by atoms with Gasteiger partial charge >= 0.3 is 0 Å². The largest absolute Gasteiger partial charge is 0.313 e.